The van der Waals surface area contributed by atoms with Gasteiger partial charge in [-0.15, -0.1) is 0 Å². The molecule has 0 unspecified atom stereocenters. The average molecular weight is 572 g/mol. The smallest absolute Gasteiger partial charge is 0.410 e. The number of carbonyl (C=O) groups excluding carboxylic acids is 2. The summed E-state index contributed by atoms with van der Waals surface area (Å²) in [6.45, 7) is 12.1. The van der Waals surface area contributed by atoms with Crippen LogP contribution in [-0.4, -0.2) is 81.8 Å². The number of rotatable bonds is 6. The first-order valence-corrected chi connectivity index (χ1v) is 14.3. The largest absolute Gasteiger partial charge is 0.451 e. The lowest BCUT2D eigenvalue weighted by molar-refractivity contribution is 0.00583. The van der Waals surface area contributed by atoms with Crippen LogP contribution in [0.3, 0.4) is 0 Å². The van der Waals surface area contributed by atoms with Crippen molar-refractivity contribution in [2.45, 2.75) is 84.2 Å². The van der Waals surface area contributed by atoms with Gasteiger partial charge in [0.25, 0.3) is 5.91 Å². The number of benzene rings is 1. The lowest BCUT2D eigenvalue weighted by Crippen LogP contribution is -2.61. The van der Waals surface area contributed by atoms with Gasteiger partial charge >= 0.3 is 6.09 Å². The van der Waals surface area contributed by atoms with Gasteiger partial charge in [0.05, 0.1) is 11.8 Å². The fourth-order valence-corrected chi connectivity index (χ4v) is 5.92. The molecule has 0 radical (unpaired) electrons. The molecule has 222 valence electrons. The molecular weight excluding hydrogens is 532 g/mol. The zero-order chi connectivity index (χ0) is 29.5. The Labute approximate surface area is 239 Å². The van der Waals surface area contributed by atoms with Crippen molar-refractivity contribution in [2.75, 3.05) is 31.1 Å². The van der Waals surface area contributed by atoms with Crippen LogP contribution in [0.4, 0.5) is 19.4 Å². The van der Waals surface area contributed by atoms with E-state index in [4.69, 9.17) is 9.47 Å². The summed E-state index contributed by atoms with van der Waals surface area (Å²) < 4.78 is 39.7. The molecule has 1 aromatic heterocycles. The Morgan fingerprint density at radius 3 is 2.41 bits per heavy atom. The molecular formula is C30H39F2N5O4. The third-order valence-corrected chi connectivity index (χ3v) is 8.12. The minimum atomic E-state index is -0.911. The van der Waals surface area contributed by atoms with Crippen molar-refractivity contribution in [1.82, 2.24) is 19.8 Å². The quantitative estimate of drug-likeness (QED) is 0.446. The molecule has 1 aliphatic carbocycles. The summed E-state index contributed by atoms with van der Waals surface area (Å²) in [5.74, 6) is 0.0661. The van der Waals surface area contributed by atoms with Crippen LogP contribution in [0.25, 0.3) is 0 Å². The van der Waals surface area contributed by atoms with Crippen molar-refractivity contribution in [1.29, 1.82) is 0 Å². The van der Waals surface area contributed by atoms with Crippen LogP contribution in [0.1, 0.15) is 70.7 Å². The topological polar surface area (TPSA) is 88.1 Å². The number of piperidine rings is 1. The summed E-state index contributed by atoms with van der Waals surface area (Å²) >= 11 is 0. The number of hydrogen-bond donors (Lipinski definition) is 0. The van der Waals surface area contributed by atoms with Crippen molar-refractivity contribution in [3.63, 3.8) is 0 Å². The molecule has 0 bridgehead atoms. The molecule has 0 atom stereocenters. The van der Waals surface area contributed by atoms with Crippen LogP contribution in [0.15, 0.2) is 30.7 Å². The Hall–Kier alpha value is -3.50. The number of carbonyl (C=O) groups is 2. The van der Waals surface area contributed by atoms with Gasteiger partial charge in [0.1, 0.15) is 29.7 Å². The van der Waals surface area contributed by atoms with Crippen LogP contribution in [0.2, 0.25) is 0 Å². The SMILES string of the molecule is CC(C)N(C(=O)c1ccc(F)cc1Oc1cncnc1N1CC2(CCN(C(=O)OC(C)(C)C)CC2)C1)C1CC(F)C1. The van der Waals surface area contributed by atoms with Gasteiger partial charge in [-0.3, -0.25) is 4.79 Å². The molecule has 2 aromatic rings. The highest BCUT2D eigenvalue weighted by molar-refractivity contribution is 5.97. The lowest BCUT2D eigenvalue weighted by Gasteiger charge is -2.54. The van der Waals surface area contributed by atoms with Gasteiger partial charge in [0.15, 0.2) is 11.6 Å². The van der Waals surface area contributed by atoms with Gasteiger partial charge in [-0.2, -0.15) is 0 Å². The van der Waals surface area contributed by atoms with Gasteiger partial charge in [0, 0.05) is 49.7 Å². The normalized spacial score (nSPS) is 21.8. The highest BCUT2D eigenvalue weighted by Gasteiger charge is 2.47. The minimum absolute atomic E-state index is 0.0511. The van der Waals surface area contributed by atoms with Crippen molar-refractivity contribution in [2.24, 2.45) is 5.41 Å². The molecule has 3 aliphatic rings. The van der Waals surface area contributed by atoms with E-state index in [9.17, 15) is 18.4 Å². The highest BCUT2D eigenvalue weighted by atomic mass is 19.1. The maximum atomic E-state index is 14.4. The van der Waals surface area contributed by atoms with Gasteiger partial charge < -0.3 is 24.2 Å². The number of ether oxygens (including phenoxy) is 2. The van der Waals surface area contributed by atoms with Crippen LogP contribution in [-0.2, 0) is 4.74 Å². The first-order chi connectivity index (χ1) is 19.3. The second-order valence-electron chi connectivity index (χ2n) is 12.8. The van der Waals surface area contributed by atoms with E-state index in [1.165, 1.54) is 30.7 Å². The molecule has 1 aromatic carbocycles. The molecule has 2 aliphatic heterocycles. The molecule has 11 heteroatoms. The van der Waals surface area contributed by atoms with E-state index in [0.717, 1.165) is 25.9 Å². The van der Waals surface area contributed by atoms with E-state index >= 15 is 0 Å². The van der Waals surface area contributed by atoms with Crippen LogP contribution in [0.5, 0.6) is 11.5 Å². The van der Waals surface area contributed by atoms with Gasteiger partial charge in [-0.1, -0.05) is 0 Å². The molecule has 1 saturated carbocycles. The maximum absolute atomic E-state index is 14.4. The zero-order valence-corrected chi connectivity index (χ0v) is 24.4. The standard InChI is InChI=1S/C30H39F2N5O4/c1-19(2)37(22-12-21(32)13-22)27(38)23-7-6-20(31)14-24(23)40-25-15-33-18-34-26(25)36-16-30(17-36)8-10-35(11-9-30)28(39)41-29(3,4)5/h6-7,14-15,18-19,21-22H,8-13,16-17H2,1-5H3. The minimum Gasteiger partial charge on any atom is -0.451 e. The molecule has 2 amide bonds. The third-order valence-electron chi connectivity index (χ3n) is 8.12. The van der Waals surface area contributed by atoms with Crippen LogP contribution in [0, 0.1) is 11.2 Å². The third kappa shape index (κ3) is 6.23. The Bertz CT molecular complexity index is 1280. The number of aromatic nitrogens is 2. The second-order valence-corrected chi connectivity index (χ2v) is 12.8. The highest BCUT2D eigenvalue weighted by Crippen LogP contribution is 2.45. The number of anilines is 1. The molecule has 9 nitrogen and oxygen atoms in total. The van der Waals surface area contributed by atoms with Gasteiger partial charge in [-0.05, 0) is 72.4 Å². The fourth-order valence-electron chi connectivity index (χ4n) is 5.92. The fraction of sp³-hybridized carbons (Fsp3) is 0.600. The summed E-state index contributed by atoms with van der Waals surface area (Å²) in [5, 5.41) is 0. The van der Waals surface area contributed by atoms with Crippen molar-refractivity contribution >= 4 is 17.8 Å². The predicted octanol–water partition coefficient (Wildman–Crippen LogP) is 5.60. The van der Waals surface area contributed by atoms with E-state index < -0.39 is 17.6 Å². The first-order valence-electron chi connectivity index (χ1n) is 14.3. The number of hydrogen-bond acceptors (Lipinski definition) is 7. The van der Waals surface area contributed by atoms with Crippen molar-refractivity contribution < 1.29 is 27.8 Å². The molecule has 0 N–H and O–H groups in total. The van der Waals surface area contributed by atoms with Gasteiger partial charge in [0.2, 0.25) is 0 Å². The molecule has 41 heavy (non-hydrogen) atoms. The summed E-state index contributed by atoms with van der Waals surface area (Å²) in [5.41, 5.74) is -0.279. The van der Waals surface area contributed by atoms with E-state index in [-0.39, 0.29) is 40.8 Å². The van der Waals surface area contributed by atoms with E-state index in [2.05, 4.69) is 14.9 Å². The molecule has 3 heterocycles. The number of nitrogens with zero attached hydrogens (tertiary/aromatic N) is 5. The number of likely N-dealkylation sites (tertiary alicyclic amines) is 1. The van der Waals surface area contributed by atoms with E-state index in [0.29, 0.717) is 37.5 Å². The van der Waals surface area contributed by atoms with Crippen LogP contribution < -0.4 is 9.64 Å². The number of amides is 2. The second kappa shape index (κ2) is 11.1. The van der Waals surface area contributed by atoms with Gasteiger partial charge in [-0.25, -0.2) is 23.5 Å². The maximum Gasteiger partial charge on any atom is 0.410 e. The summed E-state index contributed by atoms with van der Waals surface area (Å²) in [6, 6.07) is 3.46. The lowest BCUT2D eigenvalue weighted by atomic mass is 9.72. The zero-order valence-electron chi connectivity index (χ0n) is 24.4. The first kappa shape index (κ1) is 29.0. The van der Waals surface area contributed by atoms with E-state index in [1.54, 1.807) is 9.80 Å². The van der Waals surface area contributed by atoms with Crippen LogP contribution >= 0.6 is 0 Å². The van der Waals surface area contributed by atoms with Crippen molar-refractivity contribution in [3.05, 3.63) is 42.1 Å². The van der Waals surface area contributed by atoms with Crippen molar-refractivity contribution in [3.8, 4) is 11.5 Å². The monoisotopic (exact) mass is 571 g/mol. The number of halogens is 2. The summed E-state index contributed by atoms with van der Waals surface area (Å²) in [4.78, 5) is 40.1. The molecule has 2 saturated heterocycles. The average Bonchev–Trinajstić information content (AvgIpc) is 2.86. The molecule has 5 rings (SSSR count). The molecule has 1 spiro atoms. The molecule has 3 fully saturated rings. The summed E-state index contributed by atoms with van der Waals surface area (Å²) in [7, 11) is 0. The number of alkyl halides is 1. The Balaban J connectivity index is 1.29. The summed E-state index contributed by atoms with van der Waals surface area (Å²) in [6.07, 6.45) is 4.03. The Kier molecular flexibility index (Phi) is 7.82. The Morgan fingerprint density at radius 2 is 1.80 bits per heavy atom. The van der Waals surface area contributed by atoms with E-state index in [1.807, 2.05) is 34.6 Å². The Morgan fingerprint density at radius 1 is 1.12 bits per heavy atom. The predicted molar refractivity (Wildman–Crippen MR) is 149 cm³/mol.